The third kappa shape index (κ3) is 3.20. The van der Waals surface area contributed by atoms with Crippen LogP contribution < -0.4 is 4.74 Å². The van der Waals surface area contributed by atoms with Crippen LogP contribution in [0.15, 0.2) is 18.2 Å². The maximum absolute atomic E-state index is 10.8. The molecule has 90 valence electrons. The highest BCUT2D eigenvalue weighted by Crippen LogP contribution is 2.27. The molecule has 0 aliphatic heterocycles. The van der Waals surface area contributed by atoms with Crippen molar-refractivity contribution in [1.29, 1.82) is 5.26 Å². The van der Waals surface area contributed by atoms with Gasteiger partial charge in [0.05, 0.1) is 13.2 Å². The summed E-state index contributed by atoms with van der Waals surface area (Å²) in [6, 6.07) is 6.64. The molecule has 0 spiro atoms. The Bertz CT molecular complexity index is 450. The second-order valence-electron chi connectivity index (χ2n) is 3.34. The minimum atomic E-state index is -1.27. The molecule has 0 aliphatic rings. The number of hydrogen-bond donors (Lipinski definition) is 1. The standard InChI is InChI=1S/C12H13NO4/c1-8(14)17-7-10-9(11(15)6-13)4-3-5-12(10)16-2/h3-5,11,15H,7H2,1-2H3. The van der Waals surface area contributed by atoms with E-state index in [1.54, 1.807) is 24.3 Å². The summed E-state index contributed by atoms with van der Waals surface area (Å²) in [6.45, 7) is 1.25. The Morgan fingerprint density at radius 2 is 2.29 bits per heavy atom. The summed E-state index contributed by atoms with van der Waals surface area (Å²) in [5.41, 5.74) is 0.882. The monoisotopic (exact) mass is 235 g/mol. The van der Waals surface area contributed by atoms with E-state index in [1.165, 1.54) is 14.0 Å². The van der Waals surface area contributed by atoms with Crippen LogP contribution in [0, 0.1) is 11.3 Å². The van der Waals surface area contributed by atoms with Gasteiger partial charge in [-0.05, 0) is 6.07 Å². The molecule has 17 heavy (non-hydrogen) atoms. The number of benzene rings is 1. The Hall–Kier alpha value is -2.06. The molecule has 1 atom stereocenters. The van der Waals surface area contributed by atoms with Crippen molar-refractivity contribution in [3.05, 3.63) is 29.3 Å². The van der Waals surface area contributed by atoms with Gasteiger partial charge >= 0.3 is 5.97 Å². The first-order valence-electron chi connectivity index (χ1n) is 4.97. The molecule has 1 aromatic rings. The second kappa shape index (κ2) is 5.87. The van der Waals surface area contributed by atoms with Crippen LogP contribution in [-0.4, -0.2) is 18.2 Å². The zero-order valence-electron chi connectivity index (χ0n) is 9.64. The molecule has 1 rings (SSSR count). The number of rotatable bonds is 4. The fourth-order valence-electron chi connectivity index (χ4n) is 1.43. The van der Waals surface area contributed by atoms with Crippen molar-refractivity contribution >= 4 is 5.97 Å². The minimum absolute atomic E-state index is 0.0343. The lowest BCUT2D eigenvalue weighted by molar-refractivity contribution is -0.142. The summed E-state index contributed by atoms with van der Waals surface area (Å²) in [6.07, 6.45) is -1.27. The maximum Gasteiger partial charge on any atom is 0.302 e. The summed E-state index contributed by atoms with van der Waals surface area (Å²) in [7, 11) is 1.47. The fourth-order valence-corrected chi connectivity index (χ4v) is 1.43. The molecular weight excluding hydrogens is 222 g/mol. The van der Waals surface area contributed by atoms with Gasteiger partial charge in [-0.2, -0.15) is 5.26 Å². The molecule has 0 aromatic heterocycles. The average molecular weight is 235 g/mol. The van der Waals surface area contributed by atoms with Crippen molar-refractivity contribution in [3.8, 4) is 11.8 Å². The lowest BCUT2D eigenvalue weighted by Crippen LogP contribution is -2.06. The van der Waals surface area contributed by atoms with Crippen LogP contribution in [0.3, 0.4) is 0 Å². The smallest absolute Gasteiger partial charge is 0.302 e. The molecule has 5 heteroatoms. The number of carbonyl (C=O) groups is 1. The van der Waals surface area contributed by atoms with Crippen molar-refractivity contribution in [2.24, 2.45) is 0 Å². The Morgan fingerprint density at radius 3 is 2.82 bits per heavy atom. The highest BCUT2D eigenvalue weighted by molar-refractivity contribution is 5.66. The molecule has 0 aliphatic carbocycles. The van der Waals surface area contributed by atoms with Crippen LogP contribution in [0.4, 0.5) is 0 Å². The van der Waals surface area contributed by atoms with Crippen molar-refractivity contribution in [3.63, 3.8) is 0 Å². The maximum atomic E-state index is 10.8. The van der Waals surface area contributed by atoms with Gasteiger partial charge in [-0.15, -0.1) is 0 Å². The number of methoxy groups -OCH3 is 1. The van der Waals surface area contributed by atoms with E-state index in [1.807, 2.05) is 0 Å². The van der Waals surface area contributed by atoms with Gasteiger partial charge in [0.25, 0.3) is 0 Å². The van der Waals surface area contributed by atoms with E-state index in [9.17, 15) is 9.90 Å². The van der Waals surface area contributed by atoms with Gasteiger partial charge in [-0.25, -0.2) is 0 Å². The number of esters is 1. The first-order valence-corrected chi connectivity index (χ1v) is 4.97. The zero-order chi connectivity index (χ0) is 12.8. The number of carbonyl (C=O) groups excluding carboxylic acids is 1. The summed E-state index contributed by atoms with van der Waals surface area (Å²) in [5, 5.41) is 18.2. The van der Waals surface area contributed by atoms with Gasteiger partial charge in [0.2, 0.25) is 0 Å². The van der Waals surface area contributed by atoms with E-state index in [0.717, 1.165) is 0 Å². The van der Waals surface area contributed by atoms with Gasteiger partial charge in [0.15, 0.2) is 6.10 Å². The summed E-state index contributed by atoms with van der Waals surface area (Å²) in [4.78, 5) is 10.8. The molecule has 0 saturated carbocycles. The molecule has 0 amide bonds. The van der Waals surface area contributed by atoms with E-state index in [2.05, 4.69) is 0 Å². The Labute approximate surface area is 99.2 Å². The molecular formula is C12H13NO4. The number of aliphatic hydroxyl groups excluding tert-OH is 1. The predicted octanol–water partition coefficient (Wildman–Crippen LogP) is 1.32. The quantitative estimate of drug-likeness (QED) is 0.628. The van der Waals surface area contributed by atoms with Gasteiger partial charge in [-0.3, -0.25) is 4.79 Å². The zero-order valence-corrected chi connectivity index (χ0v) is 9.64. The minimum Gasteiger partial charge on any atom is -0.496 e. The van der Waals surface area contributed by atoms with Crippen molar-refractivity contribution in [2.45, 2.75) is 19.6 Å². The molecule has 1 unspecified atom stereocenters. The van der Waals surface area contributed by atoms with Crippen molar-refractivity contribution in [1.82, 2.24) is 0 Å². The van der Waals surface area contributed by atoms with Crippen LogP contribution in [0.25, 0.3) is 0 Å². The van der Waals surface area contributed by atoms with Crippen LogP contribution in [0.2, 0.25) is 0 Å². The topological polar surface area (TPSA) is 79.6 Å². The van der Waals surface area contributed by atoms with Crippen molar-refractivity contribution in [2.75, 3.05) is 7.11 Å². The SMILES string of the molecule is COc1cccc(C(O)C#N)c1COC(C)=O. The lowest BCUT2D eigenvalue weighted by atomic mass is 10.0. The van der Waals surface area contributed by atoms with E-state index >= 15 is 0 Å². The first kappa shape index (κ1) is 13.0. The third-order valence-electron chi connectivity index (χ3n) is 2.23. The number of hydrogen-bond acceptors (Lipinski definition) is 5. The summed E-state index contributed by atoms with van der Waals surface area (Å²) < 4.78 is 9.97. The van der Waals surface area contributed by atoms with Gasteiger partial charge < -0.3 is 14.6 Å². The Kier molecular flexibility index (Phi) is 4.49. The first-order chi connectivity index (χ1) is 8.10. The average Bonchev–Trinajstić information content (AvgIpc) is 2.34. The largest absolute Gasteiger partial charge is 0.496 e. The highest BCUT2D eigenvalue weighted by Gasteiger charge is 2.16. The lowest BCUT2D eigenvalue weighted by Gasteiger charge is -2.14. The van der Waals surface area contributed by atoms with E-state index < -0.39 is 12.1 Å². The molecule has 0 bridgehead atoms. The van der Waals surface area contributed by atoms with E-state index in [4.69, 9.17) is 14.7 Å². The number of aliphatic hydroxyl groups is 1. The second-order valence-corrected chi connectivity index (χ2v) is 3.34. The number of nitrogens with zero attached hydrogens (tertiary/aromatic N) is 1. The molecule has 0 radical (unpaired) electrons. The Morgan fingerprint density at radius 1 is 1.59 bits per heavy atom. The highest BCUT2D eigenvalue weighted by atomic mass is 16.5. The normalized spacial score (nSPS) is 11.4. The van der Waals surface area contributed by atoms with Crippen LogP contribution in [-0.2, 0) is 16.1 Å². The molecule has 0 fully saturated rings. The molecule has 0 heterocycles. The van der Waals surface area contributed by atoms with Crippen LogP contribution >= 0.6 is 0 Å². The molecule has 1 N–H and O–H groups in total. The molecule has 1 aromatic carbocycles. The van der Waals surface area contributed by atoms with Crippen LogP contribution in [0.1, 0.15) is 24.2 Å². The molecule has 5 nitrogen and oxygen atoms in total. The fraction of sp³-hybridized carbons (Fsp3) is 0.333. The predicted molar refractivity (Wildman–Crippen MR) is 59.0 cm³/mol. The van der Waals surface area contributed by atoms with Gasteiger partial charge in [0.1, 0.15) is 12.4 Å². The summed E-state index contributed by atoms with van der Waals surface area (Å²) in [5.74, 6) is 0.0337. The van der Waals surface area contributed by atoms with Crippen LogP contribution in [0.5, 0.6) is 5.75 Å². The van der Waals surface area contributed by atoms with Gasteiger partial charge in [-0.1, -0.05) is 12.1 Å². The van der Waals surface area contributed by atoms with Gasteiger partial charge in [0, 0.05) is 18.1 Å². The third-order valence-corrected chi connectivity index (χ3v) is 2.23. The van der Waals surface area contributed by atoms with Crippen molar-refractivity contribution < 1.29 is 19.4 Å². The van der Waals surface area contributed by atoms with E-state index in [-0.39, 0.29) is 6.61 Å². The summed E-state index contributed by atoms with van der Waals surface area (Å²) >= 11 is 0. The number of nitriles is 1. The Balaban J connectivity index is 3.12. The molecule has 0 saturated heterocycles. The number of ether oxygens (including phenoxy) is 2. The van der Waals surface area contributed by atoms with E-state index in [0.29, 0.717) is 16.9 Å².